The molecule has 2 aliphatic rings. The molecule has 2 fully saturated rings. The standard InChI is InChI=1S/C14H21N4O7P/c1-7(8(2)19)17-26(22)23-6-9-11(25-26)14(3,21)12(24-9)18-5-4-10(15)16-13(18)20/h4-5,7,9,11-12,21H,6H2,1-3H3,(H,17,22)(H2,15,16,20)/t7-,9+,11+,12+,14+,26?/m0/s1. The van der Waals surface area contributed by atoms with Crippen molar-refractivity contribution in [2.24, 2.45) is 0 Å². The molecular weight excluding hydrogens is 367 g/mol. The Morgan fingerprint density at radius 2 is 2.31 bits per heavy atom. The molecule has 3 heterocycles. The average Bonchev–Trinajstić information content (AvgIpc) is 2.78. The first-order valence-electron chi connectivity index (χ1n) is 7.97. The van der Waals surface area contributed by atoms with Crippen molar-refractivity contribution in [2.45, 2.75) is 50.8 Å². The Balaban J connectivity index is 1.86. The molecule has 26 heavy (non-hydrogen) atoms. The zero-order valence-electron chi connectivity index (χ0n) is 14.5. The first-order chi connectivity index (χ1) is 12.0. The molecule has 2 saturated heterocycles. The van der Waals surface area contributed by atoms with E-state index in [0.717, 1.165) is 4.57 Å². The molecule has 1 aromatic heterocycles. The Labute approximate surface area is 149 Å². The topological polar surface area (TPSA) is 155 Å². The SMILES string of the molecule is CC(=O)[C@H](C)NP1(=O)OC[C@H]2O[C@@H](n3ccc(N)nc3=O)[C@](C)(O)[C@@H]2O1. The molecule has 1 aromatic rings. The summed E-state index contributed by atoms with van der Waals surface area (Å²) in [6.45, 7) is 4.10. The summed E-state index contributed by atoms with van der Waals surface area (Å²) in [5.74, 6) is -0.214. The second-order valence-corrected chi connectivity index (χ2v) is 8.30. The molecule has 0 aliphatic carbocycles. The van der Waals surface area contributed by atoms with Crippen molar-refractivity contribution >= 4 is 19.3 Å². The van der Waals surface area contributed by atoms with Gasteiger partial charge in [-0.1, -0.05) is 0 Å². The van der Waals surface area contributed by atoms with Crippen LogP contribution in [0.3, 0.4) is 0 Å². The number of carbonyl (C=O) groups excluding carboxylic acids is 1. The van der Waals surface area contributed by atoms with Crippen molar-refractivity contribution in [1.29, 1.82) is 0 Å². The molecule has 6 atom stereocenters. The summed E-state index contributed by atoms with van der Waals surface area (Å²) in [5, 5.41) is 13.4. The number of hydrogen-bond donors (Lipinski definition) is 3. The smallest absolute Gasteiger partial charge is 0.383 e. The summed E-state index contributed by atoms with van der Waals surface area (Å²) >= 11 is 0. The summed E-state index contributed by atoms with van der Waals surface area (Å²) in [6, 6.07) is 0.630. The molecule has 12 heteroatoms. The van der Waals surface area contributed by atoms with Gasteiger partial charge in [0.2, 0.25) is 0 Å². The van der Waals surface area contributed by atoms with Crippen LogP contribution < -0.4 is 16.5 Å². The van der Waals surface area contributed by atoms with Crippen LogP contribution in [0.1, 0.15) is 27.0 Å². The Hall–Kier alpha value is -1.62. The van der Waals surface area contributed by atoms with Gasteiger partial charge in [-0.05, 0) is 26.8 Å². The van der Waals surface area contributed by atoms with Crippen LogP contribution in [-0.4, -0.2) is 50.9 Å². The van der Waals surface area contributed by atoms with E-state index in [9.17, 15) is 19.3 Å². The van der Waals surface area contributed by atoms with Crippen molar-refractivity contribution in [3.8, 4) is 0 Å². The largest absolute Gasteiger partial charge is 0.406 e. The number of nitrogens with zero attached hydrogens (tertiary/aromatic N) is 2. The van der Waals surface area contributed by atoms with Gasteiger partial charge in [-0.2, -0.15) is 4.98 Å². The van der Waals surface area contributed by atoms with Gasteiger partial charge in [0.05, 0.1) is 12.6 Å². The van der Waals surface area contributed by atoms with Crippen molar-refractivity contribution in [3.05, 3.63) is 22.7 Å². The number of nitrogens with two attached hydrogens (primary N) is 1. The number of ether oxygens (including phenoxy) is 1. The zero-order chi connectivity index (χ0) is 19.3. The van der Waals surface area contributed by atoms with Crippen LogP contribution in [0.2, 0.25) is 0 Å². The highest BCUT2D eigenvalue weighted by atomic mass is 31.2. The molecule has 0 spiro atoms. The Morgan fingerprint density at radius 3 is 2.92 bits per heavy atom. The van der Waals surface area contributed by atoms with Gasteiger partial charge < -0.3 is 15.6 Å². The van der Waals surface area contributed by atoms with Crippen LogP contribution >= 0.6 is 7.75 Å². The number of carbonyl (C=O) groups is 1. The van der Waals surface area contributed by atoms with Crippen LogP contribution in [0.25, 0.3) is 0 Å². The summed E-state index contributed by atoms with van der Waals surface area (Å²) in [6.07, 6.45) is -1.62. The molecular formula is C14H21N4O7P. The summed E-state index contributed by atoms with van der Waals surface area (Å²) < 4.78 is 30.3. The molecule has 0 radical (unpaired) electrons. The molecule has 3 rings (SSSR count). The number of fused-ring (bicyclic) bond motifs is 1. The van der Waals surface area contributed by atoms with Gasteiger partial charge in [-0.25, -0.2) is 14.4 Å². The van der Waals surface area contributed by atoms with Crippen molar-refractivity contribution in [3.63, 3.8) is 0 Å². The van der Waals surface area contributed by atoms with Crippen LogP contribution in [0.15, 0.2) is 17.1 Å². The van der Waals surface area contributed by atoms with Gasteiger partial charge in [0, 0.05) is 6.20 Å². The zero-order valence-corrected chi connectivity index (χ0v) is 15.4. The average molecular weight is 388 g/mol. The van der Waals surface area contributed by atoms with E-state index in [1.807, 2.05) is 0 Å². The van der Waals surface area contributed by atoms with Gasteiger partial charge in [0.15, 0.2) is 6.23 Å². The molecule has 0 aromatic carbocycles. The molecule has 0 bridgehead atoms. The first kappa shape index (κ1) is 19.2. The second-order valence-electron chi connectivity index (χ2n) is 6.58. The fraction of sp³-hybridized carbons (Fsp3) is 0.643. The van der Waals surface area contributed by atoms with E-state index in [4.69, 9.17) is 19.5 Å². The second kappa shape index (κ2) is 6.52. The van der Waals surface area contributed by atoms with Crippen LogP contribution in [0, 0.1) is 0 Å². The number of nitrogens with one attached hydrogen (secondary N) is 1. The van der Waals surface area contributed by atoms with Gasteiger partial charge in [0.1, 0.15) is 29.4 Å². The highest BCUT2D eigenvalue weighted by Crippen LogP contribution is 2.55. The third-order valence-corrected chi connectivity index (χ3v) is 6.14. The fourth-order valence-electron chi connectivity index (χ4n) is 2.89. The van der Waals surface area contributed by atoms with Gasteiger partial charge >= 0.3 is 13.4 Å². The molecule has 11 nitrogen and oxygen atoms in total. The molecule has 0 saturated carbocycles. The lowest BCUT2D eigenvalue weighted by atomic mass is 9.96. The van der Waals surface area contributed by atoms with E-state index in [2.05, 4.69) is 10.1 Å². The first-order valence-corrected chi connectivity index (χ1v) is 9.51. The van der Waals surface area contributed by atoms with Crippen molar-refractivity contribution in [1.82, 2.24) is 14.6 Å². The Bertz CT molecular complexity index is 826. The van der Waals surface area contributed by atoms with E-state index in [1.54, 1.807) is 0 Å². The predicted molar refractivity (Wildman–Crippen MR) is 89.2 cm³/mol. The fourth-order valence-corrected chi connectivity index (χ4v) is 4.74. The normalized spacial score (nSPS) is 37.9. The van der Waals surface area contributed by atoms with Gasteiger partial charge in [-0.15, -0.1) is 0 Å². The number of hydrogen-bond acceptors (Lipinski definition) is 9. The lowest BCUT2D eigenvalue weighted by Gasteiger charge is -2.36. The van der Waals surface area contributed by atoms with E-state index in [-0.39, 0.29) is 18.2 Å². The highest BCUT2D eigenvalue weighted by Gasteiger charge is 2.59. The number of nitrogen functional groups attached to an aromatic ring is 1. The van der Waals surface area contributed by atoms with Crippen molar-refractivity contribution in [2.75, 3.05) is 12.3 Å². The maximum Gasteiger partial charge on any atom is 0.406 e. The molecule has 0 amide bonds. The van der Waals surface area contributed by atoms with E-state index >= 15 is 0 Å². The molecule has 2 aliphatic heterocycles. The highest BCUT2D eigenvalue weighted by molar-refractivity contribution is 7.51. The summed E-state index contributed by atoms with van der Waals surface area (Å²) in [4.78, 5) is 27.1. The van der Waals surface area contributed by atoms with Crippen molar-refractivity contribution < 1.29 is 28.3 Å². The monoisotopic (exact) mass is 388 g/mol. The van der Waals surface area contributed by atoms with Crippen LogP contribution in [0.5, 0.6) is 0 Å². The molecule has 1 unspecified atom stereocenters. The van der Waals surface area contributed by atoms with Gasteiger partial charge in [-0.3, -0.25) is 18.4 Å². The molecule has 144 valence electrons. The number of anilines is 1. The molecule has 4 N–H and O–H groups in total. The van der Waals surface area contributed by atoms with Crippen LogP contribution in [0.4, 0.5) is 5.82 Å². The number of aromatic nitrogens is 2. The Kier molecular flexibility index (Phi) is 4.80. The van der Waals surface area contributed by atoms with E-state index in [0.29, 0.717) is 0 Å². The number of rotatable bonds is 4. The number of Topliss-reactive ketones (excluding diaryl/α,β-unsaturated/α-hetero) is 1. The minimum Gasteiger partial charge on any atom is -0.383 e. The number of ketones is 1. The summed E-state index contributed by atoms with van der Waals surface area (Å²) in [5.41, 5.74) is 3.05. The van der Waals surface area contributed by atoms with Crippen LogP contribution in [-0.2, 0) is 23.1 Å². The maximum atomic E-state index is 12.8. The lowest BCUT2D eigenvalue weighted by molar-refractivity contribution is -0.118. The number of aliphatic hydroxyl groups is 1. The summed E-state index contributed by atoms with van der Waals surface area (Å²) in [7, 11) is -3.85. The predicted octanol–water partition coefficient (Wildman–Crippen LogP) is -0.435. The third-order valence-electron chi connectivity index (χ3n) is 4.44. The Morgan fingerprint density at radius 1 is 1.62 bits per heavy atom. The van der Waals surface area contributed by atoms with E-state index in [1.165, 1.54) is 33.0 Å². The van der Waals surface area contributed by atoms with E-state index < -0.39 is 43.5 Å². The van der Waals surface area contributed by atoms with Gasteiger partial charge in [0.25, 0.3) is 0 Å². The lowest BCUT2D eigenvalue weighted by Crippen LogP contribution is -2.50. The quantitative estimate of drug-likeness (QED) is 0.578. The third kappa shape index (κ3) is 3.34. The maximum absolute atomic E-state index is 12.8. The minimum atomic E-state index is -3.85. The minimum absolute atomic E-state index is 0.0350.